The van der Waals surface area contributed by atoms with Gasteiger partial charge in [0, 0.05) is 31.2 Å². The van der Waals surface area contributed by atoms with Gasteiger partial charge in [-0.05, 0) is 57.0 Å². The summed E-state index contributed by atoms with van der Waals surface area (Å²) in [7, 11) is 1.73. The first-order chi connectivity index (χ1) is 17.0. The van der Waals surface area contributed by atoms with E-state index in [4.69, 9.17) is 9.47 Å². The molecule has 0 spiro atoms. The largest absolute Gasteiger partial charge is 0.495 e. The Morgan fingerprint density at radius 3 is 2.51 bits per heavy atom. The van der Waals surface area contributed by atoms with Crippen molar-refractivity contribution in [3.8, 4) is 11.5 Å². The van der Waals surface area contributed by atoms with E-state index in [-0.39, 0.29) is 18.0 Å². The van der Waals surface area contributed by atoms with Crippen LogP contribution in [0, 0.1) is 12.7 Å². The fraction of sp³-hybridized carbons (Fsp3) is 0.379. The fourth-order valence-corrected chi connectivity index (χ4v) is 5.43. The SMILES string of the molecule is COc1cccc2c1N(Cc1ccccc1OC(C)C)CN2[C@@H]1CCN(c2c(C)cccc2F)C1. The van der Waals surface area contributed by atoms with Gasteiger partial charge in [0.15, 0.2) is 0 Å². The molecular formula is C29H34FN3O2. The molecule has 6 heteroatoms. The number of benzene rings is 3. The molecule has 0 saturated carbocycles. The highest BCUT2D eigenvalue weighted by molar-refractivity contribution is 5.82. The molecule has 1 fully saturated rings. The summed E-state index contributed by atoms with van der Waals surface area (Å²) in [4.78, 5) is 7.03. The van der Waals surface area contributed by atoms with Crippen LogP contribution >= 0.6 is 0 Å². The van der Waals surface area contributed by atoms with E-state index in [1.807, 2.05) is 31.2 Å². The number of nitrogens with zero attached hydrogens (tertiary/aromatic N) is 3. The van der Waals surface area contributed by atoms with Gasteiger partial charge in [-0.15, -0.1) is 0 Å². The Hall–Kier alpha value is -3.41. The number of anilines is 3. The van der Waals surface area contributed by atoms with Gasteiger partial charge >= 0.3 is 0 Å². The van der Waals surface area contributed by atoms with E-state index in [0.29, 0.717) is 0 Å². The van der Waals surface area contributed by atoms with Crippen molar-refractivity contribution < 1.29 is 13.9 Å². The quantitative estimate of drug-likeness (QED) is 0.418. The molecule has 2 aliphatic heterocycles. The number of rotatable bonds is 7. The van der Waals surface area contributed by atoms with E-state index in [0.717, 1.165) is 66.7 Å². The molecule has 0 unspecified atom stereocenters. The third-order valence-electron chi connectivity index (χ3n) is 6.95. The molecule has 5 nitrogen and oxygen atoms in total. The Morgan fingerprint density at radius 1 is 0.971 bits per heavy atom. The van der Waals surface area contributed by atoms with Crippen LogP contribution in [0.1, 0.15) is 31.4 Å². The van der Waals surface area contributed by atoms with E-state index in [1.165, 1.54) is 5.69 Å². The second-order valence-electron chi connectivity index (χ2n) is 9.71. The smallest absolute Gasteiger partial charge is 0.146 e. The summed E-state index contributed by atoms with van der Waals surface area (Å²) >= 11 is 0. The second-order valence-corrected chi connectivity index (χ2v) is 9.71. The number of methoxy groups -OCH3 is 1. The van der Waals surface area contributed by atoms with Crippen LogP contribution in [0.2, 0.25) is 0 Å². The van der Waals surface area contributed by atoms with Crippen molar-refractivity contribution in [3.05, 3.63) is 77.6 Å². The Labute approximate surface area is 207 Å². The highest BCUT2D eigenvalue weighted by Crippen LogP contribution is 2.46. The summed E-state index contributed by atoms with van der Waals surface area (Å²) < 4.78 is 26.6. The summed E-state index contributed by atoms with van der Waals surface area (Å²) in [5.41, 5.74) is 5.14. The summed E-state index contributed by atoms with van der Waals surface area (Å²) in [6.07, 6.45) is 1.09. The maximum absolute atomic E-state index is 14.7. The van der Waals surface area contributed by atoms with Gasteiger partial charge in [0.2, 0.25) is 0 Å². The van der Waals surface area contributed by atoms with Crippen molar-refractivity contribution in [2.45, 2.75) is 45.9 Å². The van der Waals surface area contributed by atoms with Crippen LogP contribution in [0.3, 0.4) is 0 Å². The molecule has 3 aromatic rings. The lowest BCUT2D eigenvalue weighted by Crippen LogP contribution is -2.40. The third-order valence-corrected chi connectivity index (χ3v) is 6.95. The number of ether oxygens (including phenoxy) is 2. The van der Waals surface area contributed by atoms with Gasteiger partial charge in [-0.2, -0.15) is 0 Å². The van der Waals surface area contributed by atoms with Crippen LogP contribution in [0.4, 0.5) is 21.5 Å². The van der Waals surface area contributed by atoms with Crippen molar-refractivity contribution in [1.82, 2.24) is 0 Å². The zero-order chi connectivity index (χ0) is 24.5. The van der Waals surface area contributed by atoms with Crippen LogP contribution in [0.25, 0.3) is 0 Å². The Morgan fingerprint density at radius 2 is 1.74 bits per heavy atom. The standard InChI is InChI=1S/C29H34FN3O2/c1-20(2)35-26-13-6-5-10-22(26)17-32-19-33(25-12-8-14-27(34-4)29(25)32)23-15-16-31(18-23)28-21(3)9-7-11-24(28)30/h5-14,20,23H,15-19H2,1-4H3/t23-/m1/s1. The zero-order valence-electron chi connectivity index (χ0n) is 21.0. The van der Waals surface area contributed by atoms with Gasteiger partial charge in [0.25, 0.3) is 0 Å². The Bertz CT molecular complexity index is 1180. The summed E-state index contributed by atoms with van der Waals surface area (Å²) in [5, 5.41) is 0. The van der Waals surface area contributed by atoms with Crippen LogP contribution in [0.15, 0.2) is 60.7 Å². The molecule has 184 valence electrons. The van der Waals surface area contributed by atoms with E-state index in [1.54, 1.807) is 19.2 Å². The first-order valence-electron chi connectivity index (χ1n) is 12.4. The van der Waals surface area contributed by atoms with E-state index in [9.17, 15) is 4.39 Å². The third kappa shape index (κ3) is 4.49. The highest BCUT2D eigenvalue weighted by atomic mass is 19.1. The molecule has 0 aromatic heterocycles. The molecule has 3 aromatic carbocycles. The van der Waals surface area contributed by atoms with Gasteiger partial charge in [-0.3, -0.25) is 0 Å². The number of aryl methyl sites for hydroxylation is 1. The number of hydrogen-bond donors (Lipinski definition) is 0. The summed E-state index contributed by atoms with van der Waals surface area (Å²) in [5.74, 6) is 1.64. The molecule has 1 saturated heterocycles. The Balaban J connectivity index is 1.43. The van der Waals surface area contributed by atoms with Gasteiger partial charge in [0.05, 0.1) is 31.3 Å². The monoisotopic (exact) mass is 475 g/mol. The van der Waals surface area contributed by atoms with Crippen molar-refractivity contribution in [2.24, 2.45) is 0 Å². The number of para-hydroxylation sites is 3. The minimum Gasteiger partial charge on any atom is -0.495 e. The normalized spacial score (nSPS) is 17.3. The Kier molecular flexibility index (Phi) is 6.46. The first-order valence-corrected chi connectivity index (χ1v) is 12.4. The molecule has 0 bridgehead atoms. The number of hydrogen-bond acceptors (Lipinski definition) is 5. The fourth-order valence-electron chi connectivity index (χ4n) is 5.43. The maximum Gasteiger partial charge on any atom is 0.146 e. The van der Waals surface area contributed by atoms with Crippen LogP contribution < -0.4 is 24.2 Å². The molecule has 0 radical (unpaired) electrons. The average molecular weight is 476 g/mol. The molecule has 0 amide bonds. The molecule has 5 rings (SSSR count). The van der Waals surface area contributed by atoms with Crippen LogP contribution in [-0.2, 0) is 6.54 Å². The summed E-state index contributed by atoms with van der Waals surface area (Å²) in [6, 6.07) is 20.1. The number of halogens is 1. The van der Waals surface area contributed by atoms with Gasteiger partial charge in [-0.25, -0.2) is 4.39 Å². The minimum atomic E-state index is -0.141. The van der Waals surface area contributed by atoms with Crippen molar-refractivity contribution in [2.75, 3.05) is 41.6 Å². The van der Waals surface area contributed by atoms with E-state index in [2.05, 4.69) is 52.8 Å². The predicted octanol–water partition coefficient (Wildman–Crippen LogP) is 5.99. The lowest BCUT2D eigenvalue weighted by atomic mass is 10.1. The first kappa shape index (κ1) is 23.3. The molecule has 35 heavy (non-hydrogen) atoms. The topological polar surface area (TPSA) is 28.2 Å². The van der Waals surface area contributed by atoms with Crippen LogP contribution in [-0.4, -0.2) is 39.0 Å². The lowest BCUT2D eigenvalue weighted by molar-refractivity contribution is 0.240. The average Bonchev–Trinajstić information content (AvgIpc) is 3.45. The predicted molar refractivity (Wildman–Crippen MR) is 140 cm³/mol. The van der Waals surface area contributed by atoms with Crippen molar-refractivity contribution >= 4 is 17.1 Å². The van der Waals surface area contributed by atoms with Crippen molar-refractivity contribution in [1.29, 1.82) is 0 Å². The molecule has 1 atom stereocenters. The molecule has 0 aliphatic carbocycles. The summed E-state index contributed by atoms with van der Waals surface area (Å²) in [6.45, 7) is 9.19. The molecule has 2 aliphatic rings. The second kappa shape index (κ2) is 9.68. The zero-order valence-corrected chi connectivity index (χ0v) is 21.0. The molecule has 0 N–H and O–H groups in total. The van der Waals surface area contributed by atoms with Crippen LogP contribution in [0.5, 0.6) is 11.5 Å². The van der Waals surface area contributed by atoms with Gasteiger partial charge in [-0.1, -0.05) is 36.4 Å². The van der Waals surface area contributed by atoms with Crippen molar-refractivity contribution in [3.63, 3.8) is 0 Å². The number of fused-ring (bicyclic) bond motifs is 1. The lowest BCUT2D eigenvalue weighted by Gasteiger charge is -2.29. The molecular weight excluding hydrogens is 441 g/mol. The maximum atomic E-state index is 14.7. The van der Waals surface area contributed by atoms with Gasteiger partial charge in [0.1, 0.15) is 23.0 Å². The van der Waals surface area contributed by atoms with Gasteiger partial charge < -0.3 is 24.2 Å². The highest BCUT2D eigenvalue weighted by Gasteiger charge is 2.37. The van der Waals surface area contributed by atoms with E-state index >= 15 is 0 Å². The molecule has 2 heterocycles. The minimum absolute atomic E-state index is 0.111. The van der Waals surface area contributed by atoms with E-state index < -0.39 is 0 Å².